The second-order valence-electron chi connectivity index (χ2n) is 4.75. The fraction of sp³-hybridized carbons (Fsp3) is 0.133. The van der Waals surface area contributed by atoms with E-state index in [9.17, 15) is 23.4 Å². The monoisotopic (exact) mass is 338 g/mol. The molecule has 1 atom stereocenters. The molecule has 0 aliphatic heterocycles. The van der Waals surface area contributed by atoms with Gasteiger partial charge in [-0.15, -0.1) is 0 Å². The molecule has 122 valence electrons. The Labute approximate surface area is 132 Å². The minimum absolute atomic E-state index is 0.0696. The number of carbonyl (C=O) groups is 1. The molecule has 0 aliphatic rings. The summed E-state index contributed by atoms with van der Waals surface area (Å²) in [7, 11) is -4.76. The number of phenolic OH excluding ortho intramolecular Hbond substituents is 2. The van der Waals surface area contributed by atoms with Crippen LogP contribution in [0.4, 0.5) is 0 Å². The maximum Gasteiger partial charge on any atom is 0.397 e. The zero-order valence-corrected chi connectivity index (χ0v) is 12.6. The van der Waals surface area contributed by atoms with Crippen molar-refractivity contribution in [1.82, 2.24) is 0 Å². The van der Waals surface area contributed by atoms with Gasteiger partial charge in [-0.25, -0.2) is 4.18 Å². The average Bonchev–Trinajstić information content (AvgIpc) is 2.49. The van der Waals surface area contributed by atoms with E-state index < -0.39 is 28.0 Å². The SMILES string of the molecule is O=C(CC(OS(=O)(=O)O)c1ccccc1)c1ccc(O)c(O)c1. The van der Waals surface area contributed by atoms with Crippen molar-refractivity contribution in [3.63, 3.8) is 0 Å². The molecular formula is C15H14O7S. The molecule has 0 fully saturated rings. The number of ketones is 1. The first kappa shape index (κ1) is 16.9. The van der Waals surface area contributed by atoms with Crippen molar-refractivity contribution in [2.45, 2.75) is 12.5 Å². The molecule has 0 aliphatic carbocycles. The maximum atomic E-state index is 12.2. The second kappa shape index (κ2) is 6.78. The van der Waals surface area contributed by atoms with Crippen molar-refractivity contribution < 1.29 is 32.2 Å². The molecule has 8 heteroatoms. The van der Waals surface area contributed by atoms with Gasteiger partial charge in [0.1, 0.15) is 6.10 Å². The number of benzene rings is 2. The molecule has 0 spiro atoms. The third-order valence-corrected chi connectivity index (χ3v) is 3.55. The van der Waals surface area contributed by atoms with Gasteiger partial charge in [-0.1, -0.05) is 30.3 Å². The van der Waals surface area contributed by atoms with Gasteiger partial charge in [0.25, 0.3) is 0 Å². The highest BCUT2D eigenvalue weighted by Gasteiger charge is 2.23. The summed E-state index contributed by atoms with van der Waals surface area (Å²) in [5, 5.41) is 18.7. The van der Waals surface area contributed by atoms with E-state index in [-0.39, 0.29) is 17.7 Å². The zero-order chi connectivity index (χ0) is 17.0. The van der Waals surface area contributed by atoms with Crippen LogP contribution in [0, 0.1) is 0 Å². The molecular weight excluding hydrogens is 324 g/mol. The minimum atomic E-state index is -4.76. The summed E-state index contributed by atoms with van der Waals surface area (Å²) in [6.45, 7) is 0. The lowest BCUT2D eigenvalue weighted by Gasteiger charge is -2.15. The van der Waals surface area contributed by atoms with E-state index in [1.54, 1.807) is 30.3 Å². The Morgan fingerprint density at radius 3 is 2.26 bits per heavy atom. The van der Waals surface area contributed by atoms with Crippen molar-refractivity contribution in [1.29, 1.82) is 0 Å². The minimum Gasteiger partial charge on any atom is -0.504 e. The summed E-state index contributed by atoms with van der Waals surface area (Å²) in [4.78, 5) is 12.2. The highest BCUT2D eigenvalue weighted by atomic mass is 32.3. The molecule has 0 radical (unpaired) electrons. The molecule has 1 unspecified atom stereocenters. The number of aromatic hydroxyl groups is 2. The first-order chi connectivity index (χ1) is 10.8. The highest BCUT2D eigenvalue weighted by molar-refractivity contribution is 7.80. The fourth-order valence-corrected chi connectivity index (χ4v) is 2.48. The predicted octanol–water partition coefficient (Wildman–Crippen LogP) is 2.23. The van der Waals surface area contributed by atoms with Crippen molar-refractivity contribution in [2.24, 2.45) is 0 Å². The van der Waals surface area contributed by atoms with E-state index >= 15 is 0 Å². The van der Waals surface area contributed by atoms with Crippen LogP contribution in [0.3, 0.4) is 0 Å². The van der Waals surface area contributed by atoms with Gasteiger partial charge < -0.3 is 10.2 Å². The topological polar surface area (TPSA) is 121 Å². The number of hydrogen-bond donors (Lipinski definition) is 3. The third-order valence-electron chi connectivity index (χ3n) is 3.08. The Morgan fingerprint density at radius 2 is 1.70 bits per heavy atom. The van der Waals surface area contributed by atoms with E-state index in [2.05, 4.69) is 4.18 Å². The molecule has 0 saturated heterocycles. The fourth-order valence-electron chi connectivity index (χ4n) is 2.01. The summed E-state index contributed by atoms with van der Waals surface area (Å²) in [6, 6.07) is 11.6. The van der Waals surface area contributed by atoms with Gasteiger partial charge in [-0.05, 0) is 23.8 Å². The first-order valence-electron chi connectivity index (χ1n) is 6.52. The van der Waals surface area contributed by atoms with E-state index in [1.165, 1.54) is 6.07 Å². The Kier molecular flexibility index (Phi) is 4.99. The molecule has 0 saturated carbocycles. The van der Waals surface area contributed by atoms with Gasteiger partial charge in [0, 0.05) is 12.0 Å². The van der Waals surface area contributed by atoms with Crippen LogP contribution in [0.2, 0.25) is 0 Å². The molecule has 0 bridgehead atoms. The Balaban J connectivity index is 2.26. The maximum absolute atomic E-state index is 12.2. The second-order valence-corrected chi connectivity index (χ2v) is 5.80. The third kappa shape index (κ3) is 4.78. The average molecular weight is 338 g/mol. The molecule has 7 nitrogen and oxygen atoms in total. The van der Waals surface area contributed by atoms with Gasteiger partial charge in [-0.3, -0.25) is 9.35 Å². The molecule has 0 amide bonds. The molecule has 0 aromatic heterocycles. The lowest BCUT2D eigenvalue weighted by atomic mass is 10.00. The van der Waals surface area contributed by atoms with Crippen LogP contribution < -0.4 is 0 Å². The van der Waals surface area contributed by atoms with Gasteiger partial charge in [0.05, 0.1) is 0 Å². The molecule has 2 aromatic rings. The standard InChI is InChI=1S/C15H14O7S/c16-12-7-6-11(8-14(12)18)13(17)9-15(22-23(19,20)21)10-4-2-1-3-5-10/h1-8,15-16,18H,9H2,(H,19,20,21). The number of hydrogen-bond acceptors (Lipinski definition) is 6. The van der Waals surface area contributed by atoms with Crippen LogP contribution in [0.5, 0.6) is 11.5 Å². The Bertz CT molecular complexity index is 800. The molecule has 3 N–H and O–H groups in total. The van der Waals surface area contributed by atoms with E-state index in [0.29, 0.717) is 5.56 Å². The Hall–Kier alpha value is -2.42. The first-order valence-corrected chi connectivity index (χ1v) is 7.88. The summed E-state index contributed by atoms with van der Waals surface area (Å²) in [6.07, 6.45) is -1.59. The lowest BCUT2D eigenvalue weighted by molar-refractivity contribution is 0.0901. The highest BCUT2D eigenvalue weighted by Crippen LogP contribution is 2.28. The molecule has 0 heterocycles. The van der Waals surface area contributed by atoms with Gasteiger partial charge >= 0.3 is 10.4 Å². The quantitative estimate of drug-likeness (QED) is 0.419. The van der Waals surface area contributed by atoms with E-state index in [1.807, 2.05) is 0 Å². The van der Waals surface area contributed by atoms with Crippen molar-refractivity contribution in [3.8, 4) is 11.5 Å². The van der Waals surface area contributed by atoms with Gasteiger partial charge in [-0.2, -0.15) is 8.42 Å². The molecule has 23 heavy (non-hydrogen) atoms. The number of Topliss-reactive ketones (excluding diaryl/α,β-unsaturated/α-hetero) is 1. The molecule has 2 rings (SSSR count). The predicted molar refractivity (Wildman–Crippen MR) is 80.5 cm³/mol. The van der Waals surface area contributed by atoms with E-state index in [0.717, 1.165) is 12.1 Å². The number of rotatable bonds is 6. The lowest BCUT2D eigenvalue weighted by Crippen LogP contribution is -2.15. The van der Waals surface area contributed by atoms with Crippen molar-refractivity contribution in [3.05, 3.63) is 59.7 Å². The largest absolute Gasteiger partial charge is 0.504 e. The van der Waals surface area contributed by atoms with Gasteiger partial charge in [0.15, 0.2) is 17.3 Å². The van der Waals surface area contributed by atoms with Crippen LogP contribution in [0.1, 0.15) is 28.4 Å². The van der Waals surface area contributed by atoms with Gasteiger partial charge in [0.2, 0.25) is 0 Å². The van der Waals surface area contributed by atoms with Crippen LogP contribution in [-0.4, -0.2) is 29.0 Å². The number of carbonyl (C=O) groups excluding carboxylic acids is 1. The number of phenols is 2. The summed E-state index contributed by atoms with van der Waals surface area (Å²) >= 11 is 0. The van der Waals surface area contributed by atoms with Crippen LogP contribution in [-0.2, 0) is 14.6 Å². The normalized spacial score (nSPS) is 12.7. The van der Waals surface area contributed by atoms with Crippen molar-refractivity contribution in [2.75, 3.05) is 0 Å². The smallest absolute Gasteiger partial charge is 0.397 e. The summed E-state index contributed by atoms with van der Waals surface area (Å²) < 4.78 is 35.4. The zero-order valence-electron chi connectivity index (χ0n) is 11.8. The Morgan fingerprint density at radius 1 is 1.04 bits per heavy atom. The van der Waals surface area contributed by atoms with E-state index in [4.69, 9.17) is 4.55 Å². The summed E-state index contributed by atoms with van der Waals surface area (Å²) in [5.41, 5.74) is 0.460. The van der Waals surface area contributed by atoms with Crippen molar-refractivity contribution >= 4 is 16.2 Å². The van der Waals surface area contributed by atoms with Crippen LogP contribution >= 0.6 is 0 Å². The molecule has 2 aromatic carbocycles. The summed E-state index contributed by atoms with van der Waals surface area (Å²) in [5.74, 6) is -1.38. The van der Waals surface area contributed by atoms with Crippen LogP contribution in [0.25, 0.3) is 0 Å². The van der Waals surface area contributed by atoms with Crippen LogP contribution in [0.15, 0.2) is 48.5 Å².